The van der Waals surface area contributed by atoms with E-state index in [1.165, 1.54) is 46.1 Å². The highest BCUT2D eigenvalue weighted by Crippen LogP contribution is 2.37. The van der Waals surface area contributed by atoms with Crippen LogP contribution < -0.4 is 5.32 Å². The molecule has 0 spiro atoms. The van der Waals surface area contributed by atoms with E-state index in [1.54, 1.807) is 0 Å². The molecule has 0 amide bonds. The van der Waals surface area contributed by atoms with Crippen molar-refractivity contribution in [2.45, 2.75) is 45.4 Å². The molecule has 2 N–H and O–H groups in total. The molecule has 130 valence electrons. The Labute approximate surface area is 149 Å². The molecule has 4 rings (SSSR count). The number of nitrogens with one attached hydrogen (secondary N) is 2. The molecule has 1 aromatic carbocycles. The number of hydrogen-bond donors (Lipinski definition) is 2. The van der Waals surface area contributed by atoms with Gasteiger partial charge in [-0.15, -0.1) is 0 Å². The van der Waals surface area contributed by atoms with Crippen molar-refractivity contribution >= 4 is 10.9 Å². The summed E-state index contributed by atoms with van der Waals surface area (Å²) in [4.78, 5) is 8.02. The number of aromatic nitrogens is 2. The molecule has 3 nitrogen and oxygen atoms in total. The number of rotatable bonds is 3. The summed E-state index contributed by atoms with van der Waals surface area (Å²) in [6, 6.07) is 11.3. The van der Waals surface area contributed by atoms with Gasteiger partial charge < -0.3 is 10.3 Å². The normalized spacial score (nSPS) is 18.2. The first-order chi connectivity index (χ1) is 12.1. The van der Waals surface area contributed by atoms with E-state index in [-0.39, 0.29) is 0 Å². The molecular weight excluding hydrogens is 306 g/mol. The minimum absolute atomic E-state index is 0.469. The molecule has 3 heteroatoms. The van der Waals surface area contributed by atoms with Gasteiger partial charge in [-0.2, -0.15) is 0 Å². The van der Waals surface area contributed by atoms with Crippen LogP contribution in [0.3, 0.4) is 0 Å². The molecule has 0 saturated carbocycles. The lowest BCUT2D eigenvalue weighted by Crippen LogP contribution is -2.28. The molecule has 0 radical (unpaired) electrons. The third-order valence-electron chi connectivity index (χ3n) is 5.39. The molecule has 1 aliphatic heterocycles. The second kappa shape index (κ2) is 6.64. The second-order valence-electron chi connectivity index (χ2n) is 7.60. The van der Waals surface area contributed by atoms with E-state index in [1.807, 2.05) is 6.20 Å². The fraction of sp³-hybridized carbons (Fsp3) is 0.409. The Bertz CT molecular complexity index is 885. The van der Waals surface area contributed by atoms with E-state index in [0.717, 1.165) is 18.8 Å². The lowest BCUT2D eigenvalue weighted by molar-refractivity contribution is 0.462. The minimum atomic E-state index is 0.469. The predicted molar refractivity (Wildman–Crippen MR) is 105 cm³/mol. The number of hydrogen-bond acceptors (Lipinski definition) is 2. The van der Waals surface area contributed by atoms with Crippen LogP contribution in [0.15, 0.2) is 36.5 Å². The molecule has 2 aromatic heterocycles. The molecule has 0 bridgehead atoms. The average Bonchev–Trinajstić information content (AvgIpc) is 3.01. The zero-order chi connectivity index (χ0) is 17.4. The van der Waals surface area contributed by atoms with Gasteiger partial charge in [0.25, 0.3) is 0 Å². The third-order valence-corrected chi connectivity index (χ3v) is 5.39. The van der Waals surface area contributed by atoms with Crippen LogP contribution >= 0.6 is 0 Å². The molecule has 3 heterocycles. The highest BCUT2D eigenvalue weighted by atomic mass is 14.9. The van der Waals surface area contributed by atoms with E-state index >= 15 is 0 Å². The fourth-order valence-corrected chi connectivity index (χ4v) is 4.15. The van der Waals surface area contributed by atoms with Crippen molar-refractivity contribution in [2.75, 3.05) is 13.1 Å². The Morgan fingerprint density at radius 2 is 2.04 bits per heavy atom. The summed E-state index contributed by atoms with van der Waals surface area (Å²) in [5, 5.41) is 4.92. The standard InChI is InChI=1S/C22H27N3/c1-14(2)21-19-12-16(18-5-4-9-23-13-18)6-7-20(19)25-22(21)17-8-10-24-15(3)11-17/h6-8,10-12,14,18,23,25H,4-5,9,13H2,1-3H3. The van der Waals surface area contributed by atoms with Gasteiger partial charge in [-0.05, 0) is 73.5 Å². The number of nitrogens with zero attached hydrogens (tertiary/aromatic N) is 1. The first-order valence-corrected chi connectivity index (χ1v) is 9.42. The van der Waals surface area contributed by atoms with Gasteiger partial charge >= 0.3 is 0 Å². The van der Waals surface area contributed by atoms with Crippen LogP contribution in [0.25, 0.3) is 22.2 Å². The maximum absolute atomic E-state index is 4.35. The summed E-state index contributed by atoms with van der Waals surface area (Å²) < 4.78 is 0. The van der Waals surface area contributed by atoms with Gasteiger partial charge in [-0.1, -0.05) is 19.9 Å². The van der Waals surface area contributed by atoms with Crippen molar-refractivity contribution in [3.63, 3.8) is 0 Å². The SMILES string of the molecule is Cc1cc(-c2[nH]c3ccc(C4CCCNC4)cc3c2C(C)C)ccn1. The molecule has 3 aromatic rings. The number of aromatic amines is 1. The Hall–Kier alpha value is -2.13. The highest BCUT2D eigenvalue weighted by Gasteiger charge is 2.20. The van der Waals surface area contributed by atoms with E-state index < -0.39 is 0 Å². The lowest BCUT2D eigenvalue weighted by Gasteiger charge is -2.23. The quantitative estimate of drug-likeness (QED) is 0.697. The van der Waals surface area contributed by atoms with Crippen LogP contribution in [0.2, 0.25) is 0 Å². The van der Waals surface area contributed by atoms with Crippen LogP contribution in [0, 0.1) is 6.92 Å². The summed E-state index contributed by atoms with van der Waals surface area (Å²) in [7, 11) is 0. The summed E-state index contributed by atoms with van der Waals surface area (Å²) >= 11 is 0. The van der Waals surface area contributed by atoms with Gasteiger partial charge in [-0.25, -0.2) is 0 Å². The van der Waals surface area contributed by atoms with Gasteiger partial charge in [0.2, 0.25) is 0 Å². The summed E-state index contributed by atoms with van der Waals surface area (Å²) in [6.07, 6.45) is 4.46. The number of aryl methyl sites for hydroxylation is 1. The Morgan fingerprint density at radius 3 is 2.76 bits per heavy atom. The Morgan fingerprint density at radius 1 is 1.16 bits per heavy atom. The first kappa shape index (κ1) is 16.3. The fourth-order valence-electron chi connectivity index (χ4n) is 4.15. The molecule has 0 aliphatic carbocycles. The van der Waals surface area contributed by atoms with E-state index in [9.17, 15) is 0 Å². The van der Waals surface area contributed by atoms with E-state index in [2.05, 4.69) is 66.4 Å². The van der Waals surface area contributed by atoms with Crippen LogP contribution in [0.1, 0.15) is 55.3 Å². The van der Waals surface area contributed by atoms with Crippen LogP contribution in [-0.2, 0) is 0 Å². The third kappa shape index (κ3) is 3.09. The Balaban J connectivity index is 1.85. The molecule has 1 atom stereocenters. The van der Waals surface area contributed by atoms with Crippen molar-refractivity contribution in [1.29, 1.82) is 0 Å². The predicted octanol–water partition coefficient (Wildman–Crippen LogP) is 5.13. The maximum Gasteiger partial charge on any atom is 0.0501 e. The van der Waals surface area contributed by atoms with Crippen molar-refractivity contribution in [1.82, 2.24) is 15.3 Å². The number of piperidine rings is 1. The van der Waals surface area contributed by atoms with Gasteiger partial charge in [0, 0.05) is 34.9 Å². The van der Waals surface area contributed by atoms with Gasteiger partial charge in [0.05, 0.1) is 5.69 Å². The molecule has 1 aliphatic rings. The smallest absolute Gasteiger partial charge is 0.0501 e. The van der Waals surface area contributed by atoms with Gasteiger partial charge in [0.15, 0.2) is 0 Å². The summed E-state index contributed by atoms with van der Waals surface area (Å²) in [6.45, 7) is 8.88. The highest BCUT2D eigenvalue weighted by molar-refractivity contribution is 5.92. The van der Waals surface area contributed by atoms with Crippen LogP contribution in [-0.4, -0.2) is 23.1 Å². The van der Waals surface area contributed by atoms with Crippen LogP contribution in [0.5, 0.6) is 0 Å². The van der Waals surface area contributed by atoms with Crippen molar-refractivity contribution < 1.29 is 0 Å². The summed E-state index contributed by atoms with van der Waals surface area (Å²) in [5.41, 5.74) is 7.66. The number of pyridine rings is 1. The maximum atomic E-state index is 4.35. The lowest BCUT2D eigenvalue weighted by atomic mass is 9.89. The molecular formula is C22H27N3. The molecule has 1 unspecified atom stereocenters. The monoisotopic (exact) mass is 333 g/mol. The van der Waals surface area contributed by atoms with Crippen molar-refractivity contribution in [3.8, 4) is 11.3 Å². The average molecular weight is 333 g/mol. The van der Waals surface area contributed by atoms with Crippen molar-refractivity contribution in [3.05, 3.63) is 53.3 Å². The zero-order valence-electron chi connectivity index (χ0n) is 15.4. The summed E-state index contributed by atoms with van der Waals surface area (Å²) in [5.74, 6) is 1.11. The van der Waals surface area contributed by atoms with E-state index in [0.29, 0.717) is 11.8 Å². The molecule has 25 heavy (non-hydrogen) atoms. The minimum Gasteiger partial charge on any atom is -0.354 e. The van der Waals surface area contributed by atoms with Gasteiger partial charge in [0.1, 0.15) is 0 Å². The topological polar surface area (TPSA) is 40.7 Å². The van der Waals surface area contributed by atoms with Crippen molar-refractivity contribution in [2.24, 2.45) is 0 Å². The zero-order valence-corrected chi connectivity index (χ0v) is 15.4. The van der Waals surface area contributed by atoms with Crippen LogP contribution in [0.4, 0.5) is 0 Å². The first-order valence-electron chi connectivity index (χ1n) is 9.42. The second-order valence-corrected chi connectivity index (χ2v) is 7.60. The number of fused-ring (bicyclic) bond motifs is 1. The number of benzene rings is 1. The molecule has 1 saturated heterocycles. The van der Waals surface area contributed by atoms with E-state index in [4.69, 9.17) is 0 Å². The Kier molecular flexibility index (Phi) is 4.34. The largest absolute Gasteiger partial charge is 0.354 e. The number of H-pyrrole nitrogens is 1. The molecule has 1 fully saturated rings. The van der Waals surface area contributed by atoms with Gasteiger partial charge in [-0.3, -0.25) is 4.98 Å².